The van der Waals surface area contributed by atoms with E-state index in [0.717, 1.165) is 0 Å². The molecule has 1 aromatic carbocycles. The van der Waals surface area contributed by atoms with Crippen molar-refractivity contribution in [3.05, 3.63) is 23.8 Å². The number of rotatable bonds is 4. The van der Waals surface area contributed by atoms with Gasteiger partial charge in [-0.05, 0) is 19.1 Å². The van der Waals surface area contributed by atoms with Crippen molar-refractivity contribution < 1.29 is 23.7 Å². The minimum absolute atomic E-state index is 0.000273. The Kier molecular flexibility index (Phi) is 3.99. The summed E-state index contributed by atoms with van der Waals surface area (Å²) < 4.78 is 11.9. The Morgan fingerprint density at radius 1 is 1.40 bits per heavy atom. The molecule has 0 radical (unpaired) electrons. The summed E-state index contributed by atoms with van der Waals surface area (Å²) in [6, 6.07) is 4.61. The first-order valence-electron chi connectivity index (χ1n) is 5.95. The summed E-state index contributed by atoms with van der Waals surface area (Å²) in [5, 5.41) is 8.72. The average Bonchev–Trinajstić information content (AvgIpc) is 2.37. The highest BCUT2D eigenvalue weighted by molar-refractivity contribution is 7.86. The molecule has 1 heterocycles. The predicted octanol–water partition coefficient (Wildman–Crippen LogP) is 0.818. The third-order valence-corrected chi connectivity index (χ3v) is 4.35. The van der Waals surface area contributed by atoms with Crippen molar-refractivity contribution in [3.63, 3.8) is 0 Å². The zero-order valence-corrected chi connectivity index (χ0v) is 11.6. The van der Waals surface area contributed by atoms with Crippen LogP contribution in [0.25, 0.3) is 0 Å². The summed E-state index contributed by atoms with van der Waals surface area (Å²) in [7, 11) is -1.45. The maximum absolute atomic E-state index is 11.9. The Labute approximate surface area is 117 Å². The van der Waals surface area contributed by atoms with Crippen LogP contribution in [0.2, 0.25) is 0 Å². The fourth-order valence-electron chi connectivity index (χ4n) is 1.99. The van der Waals surface area contributed by atoms with Crippen molar-refractivity contribution >= 4 is 34.1 Å². The second kappa shape index (κ2) is 5.54. The van der Waals surface area contributed by atoms with E-state index in [2.05, 4.69) is 0 Å². The molecule has 106 valence electrons. The van der Waals surface area contributed by atoms with Crippen molar-refractivity contribution in [2.24, 2.45) is 0 Å². The minimum Gasteiger partial charge on any atom is -0.481 e. The Balaban J connectivity index is 2.45. The number of aliphatic carboxylic acids is 1. The number of carboxylic acids is 1. The minimum atomic E-state index is -1.45. The highest BCUT2D eigenvalue weighted by atomic mass is 32.2. The number of carbonyl (C=O) groups is 3. The number of ketones is 1. The van der Waals surface area contributed by atoms with Gasteiger partial charge in [-0.1, -0.05) is 6.07 Å². The van der Waals surface area contributed by atoms with E-state index in [1.165, 1.54) is 17.9 Å². The second-order valence-corrected chi connectivity index (χ2v) is 5.84. The molecule has 7 heteroatoms. The number of fused-ring (bicyclic) bond motifs is 1. The molecule has 0 aromatic heterocycles. The highest BCUT2D eigenvalue weighted by Crippen LogP contribution is 2.30. The summed E-state index contributed by atoms with van der Waals surface area (Å²) in [6.45, 7) is 1.39. The van der Waals surface area contributed by atoms with Crippen LogP contribution in [0.5, 0.6) is 0 Å². The summed E-state index contributed by atoms with van der Waals surface area (Å²) in [5.41, 5.74) is 0.768. The summed E-state index contributed by atoms with van der Waals surface area (Å²) >= 11 is 0. The summed E-state index contributed by atoms with van der Waals surface area (Å²) in [4.78, 5) is 35.7. The van der Waals surface area contributed by atoms with Gasteiger partial charge in [0.1, 0.15) is 5.75 Å². The van der Waals surface area contributed by atoms with E-state index in [0.29, 0.717) is 16.1 Å². The second-order valence-electron chi connectivity index (χ2n) is 4.42. The smallest absolute Gasteiger partial charge is 0.305 e. The molecular weight excluding hydrogens is 282 g/mol. The highest BCUT2D eigenvalue weighted by Gasteiger charge is 2.29. The van der Waals surface area contributed by atoms with Gasteiger partial charge in [-0.2, -0.15) is 0 Å². The Morgan fingerprint density at radius 2 is 2.10 bits per heavy atom. The van der Waals surface area contributed by atoms with E-state index in [1.54, 1.807) is 12.1 Å². The van der Waals surface area contributed by atoms with Crippen LogP contribution in [-0.4, -0.2) is 39.3 Å². The molecule has 2 rings (SSSR count). The molecule has 1 aromatic rings. The van der Waals surface area contributed by atoms with Crippen molar-refractivity contribution in [2.45, 2.75) is 18.2 Å². The van der Waals surface area contributed by atoms with Crippen LogP contribution in [0.15, 0.2) is 23.1 Å². The van der Waals surface area contributed by atoms with Crippen LogP contribution in [0.3, 0.4) is 0 Å². The van der Waals surface area contributed by atoms with Crippen molar-refractivity contribution in [3.8, 4) is 0 Å². The van der Waals surface area contributed by atoms with Crippen LogP contribution in [0.1, 0.15) is 23.7 Å². The summed E-state index contributed by atoms with van der Waals surface area (Å²) in [6.07, 6.45) is -0.206. The fourth-order valence-corrected chi connectivity index (χ4v) is 3.15. The maximum Gasteiger partial charge on any atom is 0.305 e. The van der Waals surface area contributed by atoms with Gasteiger partial charge in [-0.15, -0.1) is 0 Å². The van der Waals surface area contributed by atoms with Crippen LogP contribution in [0, 0.1) is 0 Å². The van der Waals surface area contributed by atoms with Gasteiger partial charge in [0.05, 0.1) is 27.8 Å². The van der Waals surface area contributed by atoms with Crippen LogP contribution in [-0.2, 0) is 20.4 Å². The SMILES string of the molecule is CC(=O)c1ccc2c(c1)N(CCC(=O)O)C(=O)CS2=O. The number of hydrogen-bond acceptors (Lipinski definition) is 4. The fraction of sp³-hybridized carbons (Fsp3) is 0.308. The molecule has 20 heavy (non-hydrogen) atoms. The number of Topliss-reactive ketones (excluding diaryl/α,β-unsaturated/α-hetero) is 1. The standard InChI is InChI=1S/C13H13NO5S/c1-8(15)9-2-3-11-10(6-9)14(5-4-13(17)18)12(16)7-20(11)19/h2-3,6H,4-5,7H2,1H3,(H,17,18). The lowest BCUT2D eigenvalue weighted by Gasteiger charge is -2.28. The first-order chi connectivity index (χ1) is 9.40. The van der Waals surface area contributed by atoms with Gasteiger partial charge in [-0.3, -0.25) is 18.6 Å². The van der Waals surface area contributed by atoms with Crippen molar-refractivity contribution in [1.29, 1.82) is 0 Å². The third kappa shape index (κ3) is 2.77. The van der Waals surface area contributed by atoms with Gasteiger partial charge < -0.3 is 10.0 Å². The molecular formula is C13H13NO5S. The Bertz CT molecular complexity index is 625. The number of amides is 1. The van der Waals surface area contributed by atoms with Crippen LogP contribution in [0.4, 0.5) is 5.69 Å². The first kappa shape index (κ1) is 14.4. The molecule has 1 N–H and O–H groups in total. The lowest BCUT2D eigenvalue weighted by molar-refractivity contribution is -0.136. The quantitative estimate of drug-likeness (QED) is 0.830. The third-order valence-electron chi connectivity index (χ3n) is 3.01. The van der Waals surface area contributed by atoms with E-state index in [4.69, 9.17) is 5.11 Å². The normalized spacial score (nSPS) is 17.8. The predicted molar refractivity (Wildman–Crippen MR) is 72.3 cm³/mol. The van der Waals surface area contributed by atoms with E-state index < -0.39 is 22.7 Å². The lowest BCUT2D eigenvalue weighted by atomic mass is 10.1. The van der Waals surface area contributed by atoms with Gasteiger partial charge in [0, 0.05) is 12.1 Å². The molecule has 0 saturated heterocycles. The monoisotopic (exact) mass is 295 g/mol. The van der Waals surface area contributed by atoms with Crippen LogP contribution < -0.4 is 4.90 Å². The van der Waals surface area contributed by atoms with E-state index in [1.807, 2.05) is 0 Å². The topological polar surface area (TPSA) is 91.8 Å². The van der Waals surface area contributed by atoms with Gasteiger partial charge in [0.25, 0.3) is 0 Å². The van der Waals surface area contributed by atoms with Crippen LogP contribution >= 0.6 is 0 Å². The van der Waals surface area contributed by atoms with E-state index in [9.17, 15) is 18.6 Å². The zero-order chi connectivity index (χ0) is 14.9. The van der Waals surface area contributed by atoms with Crippen molar-refractivity contribution in [2.75, 3.05) is 17.2 Å². The number of carboxylic acid groups (broad SMARTS) is 1. The molecule has 1 aliphatic heterocycles. The molecule has 6 nitrogen and oxygen atoms in total. The maximum atomic E-state index is 11.9. The lowest BCUT2D eigenvalue weighted by Crippen LogP contribution is -2.40. The van der Waals surface area contributed by atoms with Crippen molar-refractivity contribution in [1.82, 2.24) is 0 Å². The van der Waals surface area contributed by atoms with Gasteiger partial charge in [0.15, 0.2) is 5.78 Å². The van der Waals surface area contributed by atoms with E-state index in [-0.39, 0.29) is 24.5 Å². The number of carbonyl (C=O) groups excluding carboxylic acids is 2. The summed E-state index contributed by atoms with van der Waals surface area (Å²) in [5.74, 6) is -1.74. The molecule has 1 unspecified atom stereocenters. The Hall–Kier alpha value is -2.02. The largest absolute Gasteiger partial charge is 0.481 e. The molecule has 0 saturated carbocycles. The first-order valence-corrected chi connectivity index (χ1v) is 7.27. The molecule has 0 aliphatic carbocycles. The van der Waals surface area contributed by atoms with E-state index >= 15 is 0 Å². The van der Waals surface area contributed by atoms with Gasteiger partial charge in [-0.25, -0.2) is 0 Å². The number of hydrogen-bond donors (Lipinski definition) is 1. The number of anilines is 1. The average molecular weight is 295 g/mol. The number of benzene rings is 1. The molecule has 1 amide bonds. The zero-order valence-electron chi connectivity index (χ0n) is 10.8. The molecule has 0 fully saturated rings. The van der Waals surface area contributed by atoms with Gasteiger partial charge >= 0.3 is 5.97 Å². The molecule has 0 spiro atoms. The van der Waals surface area contributed by atoms with Gasteiger partial charge in [0.2, 0.25) is 5.91 Å². The Morgan fingerprint density at radius 3 is 2.70 bits per heavy atom. The molecule has 1 aliphatic rings. The molecule has 0 bridgehead atoms. The number of nitrogens with zero attached hydrogens (tertiary/aromatic N) is 1. The molecule has 1 atom stereocenters.